The van der Waals surface area contributed by atoms with E-state index in [1.54, 1.807) is 12.1 Å². The third-order valence-corrected chi connectivity index (χ3v) is 3.75. The molecule has 0 spiro atoms. The summed E-state index contributed by atoms with van der Waals surface area (Å²) in [7, 11) is -3.14. The summed E-state index contributed by atoms with van der Waals surface area (Å²) in [6.07, 6.45) is 0. The Morgan fingerprint density at radius 3 is 2.08 bits per heavy atom. The van der Waals surface area contributed by atoms with Crippen LogP contribution in [0.4, 0.5) is 0 Å². The van der Waals surface area contributed by atoms with E-state index in [0.29, 0.717) is 5.56 Å². The van der Waals surface area contributed by atoms with Crippen LogP contribution >= 0.6 is 21.2 Å². The highest BCUT2D eigenvalue weighted by atomic mass is 127. The van der Waals surface area contributed by atoms with Crippen LogP contribution in [-0.4, -0.2) is 13.5 Å². The molecule has 1 aromatic rings. The largest absolute Gasteiger partial charge is 0.392 e. The van der Waals surface area contributed by atoms with Crippen molar-refractivity contribution in [1.29, 1.82) is 0 Å². The van der Waals surface area contributed by atoms with Gasteiger partial charge in [0.2, 0.25) is 7.01 Å². The third-order valence-electron chi connectivity index (χ3n) is 1.39. The van der Waals surface area contributed by atoms with Crippen LogP contribution < -0.4 is 0 Å². The van der Waals surface area contributed by atoms with Crippen LogP contribution in [0.2, 0.25) is 0 Å². The zero-order valence-corrected chi connectivity index (χ0v) is 9.04. The summed E-state index contributed by atoms with van der Waals surface area (Å²) >= 11 is 1.38. The Labute approximate surface area is 82.9 Å². The maximum atomic E-state index is 11.0. The second kappa shape index (κ2) is 3.71. The van der Waals surface area contributed by atoms with Gasteiger partial charge in [-0.15, -0.1) is 0 Å². The molecule has 0 aliphatic carbocycles. The first kappa shape index (κ1) is 9.94. The Morgan fingerprint density at radius 1 is 1.25 bits per heavy atom. The van der Waals surface area contributed by atoms with E-state index in [1.165, 1.54) is 33.3 Å². The third kappa shape index (κ3) is 2.43. The lowest BCUT2D eigenvalue weighted by atomic mass is 10.2. The van der Waals surface area contributed by atoms with Gasteiger partial charge in [-0.25, -0.2) is 8.42 Å². The average molecular weight is 298 g/mol. The molecule has 0 radical (unpaired) electrons. The van der Waals surface area contributed by atoms with E-state index in [2.05, 4.69) is 0 Å². The number of aliphatic hydroxyl groups is 1. The van der Waals surface area contributed by atoms with Crippen molar-refractivity contribution in [2.45, 2.75) is 11.5 Å². The fourth-order valence-electron chi connectivity index (χ4n) is 0.757. The Morgan fingerprint density at radius 2 is 1.75 bits per heavy atom. The molecule has 66 valence electrons. The Hall–Kier alpha value is -0.140. The summed E-state index contributed by atoms with van der Waals surface area (Å²) in [5, 5.41) is 8.68. The minimum absolute atomic E-state index is 0.0679. The number of hydrogen-bond donors (Lipinski definition) is 1. The van der Waals surface area contributed by atoms with E-state index in [0.717, 1.165) is 0 Å². The van der Waals surface area contributed by atoms with Gasteiger partial charge in [0.1, 0.15) is 0 Å². The van der Waals surface area contributed by atoms with Crippen LogP contribution in [0, 0.1) is 0 Å². The zero-order valence-electron chi connectivity index (χ0n) is 6.07. The molecule has 0 atom stereocenters. The van der Waals surface area contributed by atoms with Crippen LogP contribution in [0.1, 0.15) is 5.56 Å². The molecule has 12 heavy (non-hydrogen) atoms. The van der Waals surface area contributed by atoms with Crippen LogP contribution in [0.3, 0.4) is 0 Å². The second-order valence-electron chi connectivity index (χ2n) is 2.24. The standard InChI is InChI=1S/C7H7IO3S/c8-12(10,11)7-3-1-6(5-9)2-4-7/h1-4,9H,5H2. The van der Waals surface area contributed by atoms with Gasteiger partial charge in [-0.05, 0) is 17.7 Å². The monoisotopic (exact) mass is 298 g/mol. The lowest BCUT2D eigenvalue weighted by molar-refractivity contribution is 0.282. The molecule has 0 saturated heterocycles. The molecule has 0 heterocycles. The first-order chi connectivity index (χ1) is 5.54. The molecule has 5 heteroatoms. The lowest BCUT2D eigenvalue weighted by Crippen LogP contribution is -1.90. The van der Waals surface area contributed by atoms with Crippen molar-refractivity contribution in [3.63, 3.8) is 0 Å². The van der Waals surface area contributed by atoms with Crippen molar-refractivity contribution in [2.75, 3.05) is 0 Å². The van der Waals surface area contributed by atoms with Gasteiger partial charge in [0.15, 0.2) is 0 Å². The van der Waals surface area contributed by atoms with Gasteiger partial charge >= 0.3 is 0 Å². The fourth-order valence-corrected chi connectivity index (χ4v) is 2.10. The van der Waals surface area contributed by atoms with Crippen molar-refractivity contribution in [3.05, 3.63) is 29.8 Å². The Bertz CT molecular complexity index is 355. The maximum Gasteiger partial charge on any atom is 0.231 e. The first-order valence-corrected chi connectivity index (χ1v) is 7.21. The molecule has 0 saturated carbocycles. The molecule has 1 rings (SSSR count). The van der Waals surface area contributed by atoms with E-state index in [4.69, 9.17) is 5.11 Å². The normalized spacial score (nSPS) is 11.5. The van der Waals surface area contributed by atoms with Gasteiger partial charge in [0, 0.05) is 0 Å². The summed E-state index contributed by atoms with van der Waals surface area (Å²) in [5.74, 6) is 0. The average Bonchev–Trinajstić information content (AvgIpc) is 2.03. The molecule has 0 aromatic heterocycles. The summed E-state index contributed by atoms with van der Waals surface area (Å²) < 4.78 is 21.9. The minimum atomic E-state index is -3.14. The summed E-state index contributed by atoms with van der Waals surface area (Å²) in [6.45, 7) is -0.0679. The van der Waals surface area contributed by atoms with Crippen molar-refractivity contribution in [3.8, 4) is 0 Å². The van der Waals surface area contributed by atoms with E-state index in [9.17, 15) is 8.42 Å². The fraction of sp³-hybridized carbons (Fsp3) is 0.143. The molecule has 1 N–H and O–H groups in total. The summed E-state index contributed by atoms with van der Waals surface area (Å²) in [6, 6.07) is 6.14. The number of halogens is 1. The van der Waals surface area contributed by atoms with Crippen molar-refractivity contribution >= 4 is 28.2 Å². The molecule has 0 aliphatic heterocycles. The topological polar surface area (TPSA) is 54.4 Å². The van der Waals surface area contributed by atoms with E-state index >= 15 is 0 Å². The predicted octanol–water partition coefficient (Wildman–Crippen LogP) is 1.30. The van der Waals surface area contributed by atoms with Gasteiger partial charge in [0.25, 0.3) is 0 Å². The van der Waals surface area contributed by atoms with Crippen molar-refractivity contribution in [1.82, 2.24) is 0 Å². The highest BCUT2D eigenvalue weighted by molar-refractivity contribution is 14.2. The molecule has 0 amide bonds. The Kier molecular flexibility index (Phi) is 3.08. The van der Waals surface area contributed by atoms with Crippen molar-refractivity contribution < 1.29 is 13.5 Å². The molecule has 3 nitrogen and oxygen atoms in total. The number of rotatable bonds is 2. The number of hydrogen-bond acceptors (Lipinski definition) is 3. The van der Waals surface area contributed by atoms with Gasteiger partial charge in [-0.1, -0.05) is 12.1 Å². The van der Waals surface area contributed by atoms with Crippen LogP contribution in [0.25, 0.3) is 0 Å². The molecule has 0 unspecified atom stereocenters. The van der Waals surface area contributed by atoms with E-state index < -0.39 is 7.01 Å². The predicted molar refractivity (Wildman–Crippen MR) is 53.6 cm³/mol. The van der Waals surface area contributed by atoms with Crippen molar-refractivity contribution in [2.24, 2.45) is 0 Å². The SMILES string of the molecule is O=S(=O)(I)c1ccc(CO)cc1. The Balaban J connectivity index is 3.09. The summed E-state index contributed by atoms with van der Waals surface area (Å²) in [4.78, 5) is 0.264. The summed E-state index contributed by atoms with van der Waals surface area (Å²) in [5.41, 5.74) is 0.707. The minimum Gasteiger partial charge on any atom is -0.392 e. The quantitative estimate of drug-likeness (QED) is 0.661. The maximum absolute atomic E-state index is 11.0. The number of aliphatic hydroxyl groups excluding tert-OH is 1. The molecular formula is C7H7IO3S. The van der Waals surface area contributed by atoms with Gasteiger partial charge < -0.3 is 5.11 Å². The van der Waals surface area contributed by atoms with Gasteiger partial charge in [-0.2, -0.15) is 0 Å². The number of benzene rings is 1. The van der Waals surface area contributed by atoms with Crippen LogP contribution in [0.15, 0.2) is 29.2 Å². The first-order valence-electron chi connectivity index (χ1n) is 3.18. The van der Waals surface area contributed by atoms with E-state index in [1.807, 2.05) is 0 Å². The highest BCUT2D eigenvalue weighted by Crippen LogP contribution is 2.17. The molecule has 0 aliphatic rings. The zero-order chi connectivity index (χ0) is 9.19. The highest BCUT2D eigenvalue weighted by Gasteiger charge is 2.07. The van der Waals surface area contributed by atoms with Crippen LogP contribution in [0.5, 0.6) is 0 Å². The molecule has 1 aromatic carbocycles. The molecule has 0 fully saturated rings. The second-order valence-corrected chi connectivity index (χ2v) is 7.07. The van der Waals surface area contributed by atoms with E-state index in [-0.39, 0.29) is 11.5 Å². The van der Waals surface area contributed by atoms with Crippen LogP contribution in [-0.2, 0) is 13.6 Å². The van der Waals surface area contributed by atoms with Gasteiger partial charge in [-0.3, -0.25) is 0 Å². The van der Waals surface area contributed by atoms with Gasteiger partial charge in [0.05, 0.1) is 32.7 Å². The smallest absolute Gasteiger partial charge is 0.231 e. The molecule has 0 bridgehead atoms. The molecular weight excluding hydrogens is 291 g/mol. The lowest BCUT2D eigenvalue weighted by Gasteiger charge is -1.97.